The number of phenolic OH excluding ortho intramolecular Hbond substituents is 2. The molecular weight excluding hydrogens is 1140 g/mol. The molecule has 2 heterocycles. The van der Waals surface area contributed by atoms with E-state index in [0.29, 0.717) is 113 Å². The van der Waals surface area contributed by atoms with Crippen molar-refractivity contribution in [1.82, 2.24) is 21.3 Å². The van der Waals surface area contributed by atoms with Crippen LogP contribution in [0.15, 0.2) is 84.9 Å². The molecular formula is C66H88N4O18. The summed E-state index contributed by atoms with van der Waals surface area (Å²) in [7, 11) is 3.19. The molecule has 0 aromatic heterocycles. The van der Waals surface area contributed by atoms with E-state index >= 15 is 0 Å². The largest absolute Gasteiger partial charge is 0.504 e. The normalized spacial score (nSPS) is 20.0. The SMILES string of the molecule is COCC1CC1C(=O)OC(CNC(C)(C)CNC(=O)C1CCOC1)COC(=O)c1cc(O)c(O)cc1C.COCC1CC1C(=O)OC(CNC(C)(C)CNC(=O)C1CCOC1)COC(=O)c1cc(OCc2ccccc2)c(OCc2ccccc2)cc1C. The first-order chi connectivity index (χ1) is 42.1. The summed E-state index contributed by atoms with van der Waals surface area (Å²) in [6, 6.07) is 25.3. The number of benzene rings is 4. The fourth-order valence-corrected chi connectivity index (χ4v) is 9.91. The van der Waals surface area contributed by atoms with Gasteiger partial charge in [-0.3, -0.25) is 19.2 Å². The van der Waals surface area contributed by atoms with Crippen LogP contribution in [0.3, 0.4) is 0 Å². The number of hydrogen-bond donors (Lipinski definition) is 6. The van der Waals surface area contributed by atoms with Gasteiger partial charge in [-0.1, -0.05) is 60.7 Å². The van der Waals surface area contributed by atoms with Crippen LogP contribution in [-0.2, 0) is 70.3 Å². The highest BCUT2D eigenvalue weighted by atomic mass is 16.6. The molecule has 2 saturated carbocycles. The van der Waals surface area contributed by atoms with Crippen molar-refractivity contribution in [3.05, 3.63) is 118 Å². The predicted octanol–water partition coefficient (Wildman–Crippen LogP) is 6.30. The van der Waals surface area contributed by atoms with E-state index in [1.54, 1.807) is 33.3 Å². The summed E-state index contributed by atoms with van der Waals surface area (Å²) in [5.41, 5.74) is 2.35. The maximum atomic E-state index is 13.6. The number of phenols is 2. The van der Waals surface area contributed by atoms with Gasteiger partial charge < -0.3 is 78.8 Å². The molecule has 22 heteroatoms. The van der Waals surface area contributed by atoms with Crippen LogP contribution in [0.1, 0.15) is 96.3 Å². The van der Waals surface area contributed by atoms with Gasteiger partial charge in [-0.25, -0.2) is 9.59 Å². The zero-order valence-electron chi connectivity index (χ0n) is 51.9. The number of methoxy groups -OCH3 is 2. The van der Waals surface area contributed by atoms with E-state index in [4.69, 9.17) is 47.4 Å². The van der Waals surface area contributed by atoms with Gasteiger partial charge in [0.2, 0.25) is 11.8 Å². The van der Waals surface area contributed by atoms with Gasteiger partial charge in [0.05, 0.1) is 48.0 Å². The monoisotopic (exact) mass is 1220 g/mol. The van der Waals surface area contributed by atoms with Gasteiger partial charge >= 0.3 is 23.9 Å². The van der Waals surface area contributed by atoms with Gasteiger partial charge in [0, 0.05) is 77.9 Å². The number of ether oxygens (including phenoxy) is 10. The topological polar surface area (TPSA) is 283 Å². The highest BCUT2D eigenvalue weighted by Gasteiger charge is 2.46. The Hall–Kier alpha value is -7.34. The molecule has 4 aromatic carbocycles. The number of aryl methyl sites for hydroxylation is 2. The molecule has 480 valence electrons. The minimum Gasteiger partial charge on any atom is -0.504 e. The van der Waals surface area contributed by atoms with Crippen molar-refractivity contribution in [3.63, 3.8) is 0 Å². The molecule has 4 aliphatic rings. The lowest BCUT2D eigenvalue weighted by molar-refractivity contribution is -0.154. The highest BCUT2D eigenvalue weighted by Crippen LogP contribution is 2.41. The molecule has 4 aromatic rings. The highest BCUT2D eigenvalue weighted by molar-refractivity contribution is 5.92. The Morgan fingerprint density at radius 3 is 1.41 bits per heavy atom. The molecule has 8 unspecified atom stereocenters. The van der Waals surface area contributed by atoms with Crippen molar-refractivity contribution < 1.29 is 86.3 Å². The average molecular weight is 1230 g/mol. The second-order valence-electron chi connectivity index (χ2n) is 24.3. The number of nitrogens with one attached hydrogen (secondary N) is 4. The predicted molar refractivity (Wildman–Crippen MR) is 323 cm³/mol. The summed E-state index contributed by atoms with van der Waals surface area (Å²) in [5, 5.41) is 32.0. The third-order valence-electron chi connectivity index (χ3n) is 15.7. The van der Waals surface area contributed by atoms with Crippen molar-refractivity contribution in [1.29, 1.82) is 0 Å². The standard InChI is InChI=1S/C40H50N2O9.C26H38N2O9/c1-27-17-35(48-21-28-11-7-5-8-12-28)36(49-22-29-13-9-6-10-14-29)19-33(27)38(44)50-25-32(51-39(45)34-18-31(34)23-46-4)20-42-40(2,3)26-41-37(43)30-15-16-47-24-30;1-15-7-21(29)22(30)9-19(15)24(32)36-13-18(37-25(33)20-8-17(20)11-34-4)10-28-26(2,3)14-27-23(31)16-5-6-35-12-16/h5-14,17,19,30-32,34,42H,15-16,18,20-26H2,1-4H3,(H,41,43);7,9,16-18,20,28-30H,5-6,8,10-14H2,1-4H3,(H,27,31). The Balaban J connectivity index is 0.000000265. The maximum absolute atomic E-state index is 13.6. The second kappa shape index (κ2) is 32.8. The number of hydrogen-bond acceptors (Lipinski definition) is 20. The van der Waals surface area contributed by atoms with Gasteiger partial charge in [0.1, 0.15) is 38.6 Å². The smallest absolute Gasteiger partial charge is 0.338 e. The van der Waals surface area contributed by atoms with E-state index in [1.807, 2.05) is 95.3 Å². The zero-order chi connectivity index (χ0) is 63.4. The van der Waals surface area contributed by atoms with Crippen molar-refractivity contribution in [2.24, 2.45) is 35.5 Å². The van der Waals surface area contributed by atoms with E-state index in [9.17, 15) is 39.0 Å². The molecule has 8 rings (SSSR count). The van der Waals surface area contributed by atoms with E-state index in [0.717, 1.165) is 17.2 Å². The Labute approximate surface area is 515 Å². The Kier molecular flexibility index (Phi) is 25.4. The minimum atomic E-state index is -0.788. The zero-order valence-corrected chi connectivity index (χ0v) is 51.9. The fraction of sp³-hybridized carbons (Fsp3) is 0.545. The Morgan fingerprint density at radius 2 is 0.989 bits per heavy atom. The van der Waals surface area contributed by atoms with E-state index in [1.165, 1.54) is 6.07 Å². The first-order valence-corrected chi connectivity index (χ1v) is 30.1. The quantitative estimate of drug-likeness (QED) is 0.0178. The number of amides is 2. The van der Waals surface area contributed by atoms with Gasteiger partial charge in [0.25, 0.3) is 0 Å². The van der Waals surface area contributed by atoms with Crippen LogP contribution in [0.5, 0.6) is 23.0 Å². The lowest BCUT2D eigenvalue weighted by Crippen LogP contribution is -2.53. The van der Waals surface area contributed by atoms with Gasteiger partial charge in [-0.15, -0.1) is 0 Å². The summed E-state index contributed by atoms with van der Waals surface area (Å²) in [6.45, 7) is 15.4. The summed E-state index contributed by atoms with van der Waals surface area (Å²) < 4.78 is 56.1. The van der Waals surface area contributed by atoms with E-state index in [2.05, 4.69) is 21.3 Å². The molecule has 8 atom stereocenters. The van der Waals surface area contributed by atoms with Crippen LogP contribution in [0.2, 0.25) is 0 Å². The third-order valence-corrected chi connectivity index (χ3v) is 15.7. The van der Waals surface area contributed by atoms with Crippen molar-refractivity contribution in [2.45, 2.75) is 104 Å². The molecule has 2 amide bonds. The van der Waals surface area contributed by atoms with E-state index < -0.39 is 41.0 Å². The summed E-state index contributed by atoms with van der Waals surface area (Å²) in [6.07, 6.45) is 1.22. The van der Waals surface area contributed by atoms with Gasteiger partial charge in [-0.05, 0) is 126 Å². The lowest BCUT2D eigenvalue weighted by Gasteiger charge is -2.29. The molecule has 2 aliphatic heterocycles. The molecule has 4 fully saturated rings. The molecule has 2 saturated heterocycles. The van der Waals surface area contributed by atoms with Crippen LogP contribution in [0.4, 0.5) is 0 Å². The molecule has 2 aliphatic carbocycles. The average Bonchev–Trinajstić information content (AvgIpc) is 3.11. The lowest BCUT2D eigenvalue weighted by atomic mass is 10.0. The van der Waals surface area contributed by atoms with Gasteiger partial charge in [-0.2, -0.15) is 0 Å². The Morgan fingerprint density at radius 1 is 0.580 bits per heavy atom. The molecule has 0 bridgehead atoms. The fourth-order valence-electron chi connectivity index (χ4n) is 9.91. The van der Waals surface area contributed by atoms with Crippen molar-refractivity contribution in [2.75, 3.05) is 93.3 Å². The molecule has 22 nitrogen and oxygen atoms in total. The third kappa shape index (κ3) is 21.5. The first kappa shape index (κ1) is 68.2. The number of carbonyl (C=O) groups excluding carboxylic acids is 6. The van der Waals surface area contributed by atoms with Crippen LogP contribution >= 0.6 is 0 Å². The van der Waals surface area contributed by atoms with Crippen LogP contribution in [-0.4, -0.2) is 162 Å². The molecule has 0 radical (unpaired) electrons. The second-order valence-corrected chi connectivity index (χ2v) is 24.3. The number of esters is 4. The molecule has 88 heavy (non-hydrogen) atoms. The first-order valence-electron chi connectivity index (χ1n) is 30.1. The summed E-state index contributed by atoms with van der Waals surface area (Å²) in [5.74, 6) is -2.57. The number of aromatic hydroxyl groups is 2. The molecule has 6 N–H and O–H groups in total. The molecule has 0 spiro atoms. The van der Waals surface area contributed by atoms with Gasteiger partial charge in [0.15, 0.2) is 23.0 Å². The van der Waals surface area contributed by atoms with Crippen LogP contribution < -0.4 is 30.7 Å². The Bertz CT molecular complexity index is 2950. The van der Waals surface area contributed by atoms with Crippen molar-refractivity contribution in [3.8, 4) is 23.0 Å². The maximum Gasteiger partial charge on any atom is 0.338 e. The van der Waals surface area contributed by atoms with Crippen molar-refractivity contribution >= 4 is 35.7 Å². The van der Waals surface area contributed by atoms with Crippen LogP contribution in [0.25, 0.3) is 0 Å². The number of carbonyl (C=O) groups is 6. The summed E-state index contributed by atoms with van der Waals surface area (Å²) >= 11 is 0. The number of rotatable bonds is 32. The summed E-state index contributed by atoms with van der Waals surface area (Å²) in [4.78, 5) is 76.9. The van der Waals surface area contributed by atoms with E-state index in [-0.39, 0.29) is 103 Å². The van der Waals surface area contributed by atoms with Crippen LogP contribution in [0, 0.1) is 49.4 Å². The minimum absolute atomic E-state index is 0.0452.